The molecule has 1 aromatic rings. The fraction of sp³-hybridized carbons (Fsp3) is 0.562. The molecule has 20 heavy (non-hydrogen) atoms. The number of carbonyl (C=O) groups excluding carboxylic acids is 1. The van der Waals surface area contributed by atoms with Gasteiger partial charge < -0.3 is 11.1 Å². The summed E-state index contributed by atoms with van der Waals surface area (Å²) in [5.74, 6) is 0.649. The number of nitrogens with one attached hydrogen (secondary N) is 1. The maximum absolute atomic E-state index is 13.3. The van der Waals surface area contributed by atoms with Crippen LogP contribution in [-0.2, 0) is 0 Å². The van der Waals surface area contributed by atoms with Crippen molar-refractivity contribution in [2.75, 3.05) is 12.3 Å². The van der Waals surface area contributed by atoms with E-state index in [1.807, 2.05) is 0 Å². The van der Waals surface area contributed by atoms with Crippen LogP contribution in [0.2, 0.25) is 0 Å². The molecule has 110 valence electrons. The molecule has 0 aliphatic heterocycles. The molecular weight excluding hydrogens is 255 g/mol. The summed E-state index contributed by atoms with van der Waals surface area (Å²) in [6, 6.07) is 4.18. The lowest BCUT2D eigenvalue weighted by atomic mass is 9.81. The lowest BCUT2D eigenvalue weighted by Gasteiger charge is -2.27. The smallest absolute Gasteiger partial charge is 0.251 e. The molecule has 0 radical (unpaired) electrons. The number of rotatable bonds is 4. The second-order valence-electron chi connectivity index (χ2n) is 5.74. The molecular formula is C16H23FN2O. The minimum Gasteiger partial charge on any atom is -0.396 e. The van der Waals surface area contributed by atoms with Gasteiger partial charge in [-0.3, -0.25) is 4.79 Å². The zero-order valence-electron chi connectivity index (χ0n) is 12.0. The van der Waals surface area contributed by atoms with Gasteiger partial charge in [0.1, 0.15) is 5.82 Å². The Morgan fingerprint density at radius 3 is 2.55 bits per heavy atom. The quantitative estimate of drug-likeness (QED) is 0.830. The van der Waals surface area contributed by atoms with Crippen molar-refractivity contribution in [1.82, 2.24) is 5.32 Å². The highest BCUT2D eigenvalue weighted by molar-refractivity contribution is 5.94. The number of carbonyl (C=O) groups is 1. The lowest BCUT2D eigenvalue weighted by molar-refractivity contribution is 0.0941. The molecule has 2 rings (SSSR count). The number of nitrogen functional groups attached to an aromatic ring is 1. The molecule has 0 aromatic heterocycles. The van der Waals surface area contributed by atoms with Crippen LogP contribution in [0.15, 0.2) is 18.2 Å². The van der Waals surface area contributed by atoms with Crippen LogP contribution in [0.3, 0.4) is 0 Å². The number of amides is 1. The van der Waals surface area contributed by atoms with E-state index < -0.39 is 5.82 Å². The Morgan fingerprint density at radius 2 is 1.95 bits per heavy atom. The highest BCUT2D eigenvalue weighted by Crippen LogP contribution is 2.30. The summed E-state index contributed by atoms with van der Waals surface area (Å²) >= 11 is 0. The van der Waals surface area contributed by atoms with E-state index in [9.17, 15) is 9.18 Å². The van der Waals surface area contributed by atoms with E-state index >= 15 is 0 Å². The number of benzene rings is 1. The Labute approximate surface area is 119 Å². The first kappa shape index (κ1) is 14.8. The van der Waals surface area contributed by atoms with Gasteiger partial charge in [-0.15, -0.1) is 0 Å². The first-order chi connectivity index (χ1) is 9.60. The summed E-state index contributed by atoms with van der Waals surface area (Å²) in [5, 5.41) is 2.90. The van der Waals surface area contributed by atoms with Gasteiger partial charge in [-0.05, 0) is 42.9 Å². The topological polar surface area (TPSA) is 55.1 Å². The number of nitrogens with two attached hydrogens (primary N) is 1. The highest BCUT2D eigenvalue weighted by atomic mass is 19.1. The van der Waals surface area contributed by atoms with Gasteiger partial charge in [0.15, 0.2) is 0 Å². The van der Waals surface area contributed by atoms with Crippen LogP contribution in [0, 0.1) is 17.7 Å². The van der Waals surface area contributed by atoms with E-state index in [1.54, 1.807) is 6.07 Å². The van der Waals surface area contributed by atoms with E-state index in [4.69, 9.17) is 5.73 Å². The van der Waals surface area contributed by atoms with Crippen LogP contribution in [0.25, 0.3) is 0 Å². The molecule has 0 saturated heterocycles. The van der Waals surface area contributed by atoms with E-state index in [-0.39, 0.29) is 11.6 Å². The van der Waals surface area contributed by atoms with Crippen molar-refractivity contribution in [3.05, 3.63) is 29.6 Å². The fourth-order valence-electron chi connectivity index (χ4n) is 2.85. The van der Waals surface area contributed by atoms with Gasteiger partial charge in [0.2, 0.25) is 0 Å². The van der Waals surface area contributed by atoms with Crippen LogP contribution in [0.5, 0.6) is 0 Å². The van der Waals surface area contributed by atoms with E-state index in [2.05, 4.69) is 12.2 Å². The molecule has 1 aliphatic carbocycles. The van der Waals surface area contributed by atoms with Gasteiger partial charge >= 0.3 is 0 Å². The van der Waals surface area contributed by atoms with Crippen molar-refractivity contribution < 1.29 is 9.18 Å². The summed E-state index contributed by atoms with van der Waals surface area (Å²) in [7, 11) is 0. The lowest BCUT2D eigenvalue weighted by Crippen LogP contribution is -2.31. The third kappa shape index (κ3) is 3.71. The predicted octanol–water partition coefficient (Wildman–Crippen LogP) is 3.35. The van der Waals surface area contributed by atoms with Gasteiger partial charge in [-0.25, -0.2) is 4.39 Å². The molecule has 1 saturated carbocycles. The Bertz CT molecular complexity index is 468. The number of halogens is 1. The molecule has 0 unspecified atom stereocenters. The molecule has 3 nitrogen and oxygen atoms in total. The first-order valence-corrected chi connectivity index (χ1v) is 7.43. The first-order valence-electron chi connectivity index (χ1n) is 7.43. The van der Waals surface area contributed by atoms with Crippen molar-refractivity contribution in [3.63, 3.8) is 0 Å². The predicted molar refractivity (Wildman–Crippen MR) is 78.9 cm³/mol. The maximum atomic E-state index is 13.3. The third-order valence-electron chi connectivity index (χ3n) is 4.36. The SMILES string of the molecule is CCC1CCC(CNC(=O)c2ccc(N)c(F)c2)CC1. The Morgan fingerprint density at radius 1 is 1.30 bits per heavy atom. The van der Waals surface area contributed by atoms with Crippen molar-refractivity contribution in [2.24, 2.45) is 11.8 Å². The normalized spacial score (nSPS) is 22.5. The van der Waals surface area contributed by atoms with Crippen molar-refractivity contribution in [3.8, 4) is 0 Å². The number of hydrogen-bond donors (Lipinski definition) is 2. The van der Waals surface area contributed by atoms with Gasteiger partial charge in [0, 0.05) is 12.1 Å². The van der Waals surface area contributed by atoms with Crippen molar-refractivity contribution in [1.29, 1.82) is 0 Å². The molecule has 1 aromatic carbocycles. The van der Waals surface area contributed by atoms with Crippen molar-refractivity contribution >= 4 is 11.6 Å². The van der Waals surface area contributed by atoms with Gasteiger partial charge in [-0.1, -0.05) is 26.2 Å². The fourth-order valence-corrected chi connectivity index (χ4v) is 2.85. The van der Waals surface area contributed by atoms with Crippen LogP contribution < -0.4 is 11.1 Å². The molecule has 0 atom stereocenters. The number of hydrogen-bond acceptors (Lipinski definition) is 2. The molecule has 0 heterocycles. The van der Waals surface area contributed by atoms with E-state index in [0.29, 0.717) is 18.0 Å². The second kappa shape index (κ2) is 6.73. The molecule has 4 heteroatoms. The maximum Gasteiger partial charge on any atom is 0.251 e. The Balaban J connectivity index is 1.82. The van der Waals surface area contributed by atoms with Crippen LogP contribution >= 0.6 is 0 Å². The number of anilines is 1. The average molecular weight is 278 g/mol. The molecule has 1 fully saturated rings. The van der Waals surface area contributed by atoms with Crippen LogP contribution in [-0.4, -0.2) is 12.5 Å². The summed E-state index contributed by atoms with van der Waals surface area (Å²) in [6.07, 6.45) is 6.12. The van der Waals surface area contributed by atoms with E-state index in [1.165, 1.54) is 44.2 Å². The van der Waals surface area contributed by atoms with Crippen LogP contribution in [0.4, 0.5) is 10.1 Å². The summed E-state index contributed by atoms with van der Waals surface area (Å²) in [4.78, 5) is 12.0. The zero-order chi connectivity index (χ0) is 14.5. The van der Waals surface area contributed by atoms with Crippen molar-refractivity contribution in [2.45, 2.75) is 39.0 Å². The molecule has 3 N–H and O–H groups in total. The average Bonchev–Trinajstić information content (AvgIpc) is 2.48. The minimum absolute atomic E-state index is 0.0689. The van der Waals surface area contributed by atoms with Gasteiger partial charge in [-0.2, -0.15) is 0 Å². The minimum atomic E-state index is -0.541. The Hall–Kier alpha value is -1.58. The largest absolute Gasteiger partial charge is 0.396 e. The Kier molecular flexibility index (Phi) is 4.99. The monoisotopic (exact) mass is 278 g/mol. The molecule has 0 bridgehead atoms. The second-order valence-corrected chi connectivity index (χ2v) is 5.74. The van der Waals surface area contributed by atoms with Crippen LogP contribution in [0.1, 0.15) is 49.4 Å². The third-order valence-corrected chi connectivity index (χ3v) is 4.36. The van der Waals surface area contributed by atoms with E-state index in [0.717, 1.165) is 5.92 Å². The summed E-state index contributed by atoms with van der Waals surface area (Å²) < 4.78 is 13.3. The molecule has 1 amide bonds. The highest BCUT2D eigenvalue weighted by Gasteiger charge is 2.20. The summed E-state index contributed by atoms with van der Waals surface area (Å²) in [6.45, 7) is 2.92. The molecule has 0 spiro atoms. The summed E-state index contributed by atoms with van der Waals surface area (Å²) in [5.41, 5.74) is 5.80. The molecule has 1 aliphatic rings. The zero-order valence-corrected chi connectivity index (χ0v) is 12.0. The van der Waals surface area contributed by atoms with Gasteiger partial charge in [0.25, 0.3) is 5.91 Å². The van der Waals surface area contributed by atoms with Gasteiger partial charge in [0.05, 0.1) is 5.69 Å². The standard InChI is InChI=1S/C16H23FN2O/c1-2-11-3-5-12(6-4-11)10-19-16(20)13-7-8-15(18)14(17)9-13/h7-9,11-12H,2-6,10,18H2,1H3,(H,19,20).